The summed E-state index contributed by atoms with van der Waals surface area (Å²) in [5, 5.41) is 0.625. The second-order valence-electron chi connectivity index (χ2n) is 5.89. The molecule has 0 fully saturated rings. The van der Waals surface area contributed by atoms with Gasteiger partial charge in [0.2, 0.25) is 0 Å². The van der Waals surface area contributed by atoms with Crippen LogP contribution in [-0.4, -0.2) is 11.7 Å². The van der Waals surface area contributed by atoms with E-state index in [0.29, 0.717) is 16.3 Å². The van der Waals surface area contributed by atoms with Crippen LogP contribution in [0.2, 0.25) is 5.02 Å². The Balaban J connectivity index is 1.91. The van der Waals surface area contributed by atoms with E-state index >= 15 is 0 Å². The number of anilines is 1. The van der Waals surface area contributed by atoms with Crippen molar-refractivity contribution in [3.05, 3.63) is 101 Å². The van der Waals surface area contributed by atoms with Crippen molar-refractivity contribution in [1.29, 1.82) is 0 Å². The number of benzene rings is 3. The first-order chi connectivity index (χ1) is 12.2. The lowest BCUT2D eigenvalue weighted by molar-refractivity contribution is -0.114. The minimum Gasteiger partial charge on any atom is -0.293 e. The molecule has 4 rings (SSSR count). The number of ketones is 1. The fraction of sp³-hybridized carbons (Fsp3) is 0.0476. The number of fused-ring (bicyclic) bond motifs is 1. The molecular formula is C21H14ClNO2. The van der Waals surface area contributed by atoms with E-state index in [4.69, 9.17) is 11.6 Å². The van der Waals surface area contributed by atoms with Crippen molar-refractivity contribution in [2.45, 2.75) is 6.04 Å². The third-order valence-electron chi connectivity index (χ3n) is 4.38. The molecule has 1 aliphatic heterocycles. The molecule has 0 spiro atoms. The first-order valence-electron chi connectivity index (χ1n) is 7.94. The summed E-state index contributed by atoms with van der Waals surface area (Å²) in [4.78, 5) is 26.8. The van der Waals surface area contributed by atoms with Crippen LogP contribution < -0.4 is 4.90 Å². The molecule has 1 unspecified atom stereocenters. The highest BCUT2D eigenvalue weighted by molar-refractivity contribution is 6.52. The van der Waals surface area contributed by atoms with E-state index < -0.39 is 17.7 Å². The van der Waals surface area contributed by atoms with Crippen LogP contribution in [0.1, 0.15) is 27.5 Å². The summed E-state index contributed by atoms with van der Waals surface area (Å²) in [5.74, 6) is -0.976. The summed E-state index contributed by atoms with van der Waals surface area (Å²) in [5.41, 5.74) is 2.92. The quantitative estimate of drug-likeness (QED) is 0.646. The zero-order valence-electron chi connectivity index (χ0n) is 13.2. The van der Waals surface area contributed by atoms with Gasteiger partial charge in [0.05, 0.1) is 17.3 Å². The van der Waals surface area contributed by atoms with Crippen molar-refractivity contribution in [1.82, 2.24) is 0 Å². The number of hydrogen-bond acceptors (Lipinski definition) is 2. The van der Waals surface area contributed by atoms with E-state index in [-0.39, 0.29) is 0 Å². The Morgan fingerprint density at radius 3 is 2.04 bits per heavy atom. The van der Waals surface area contributed by atoms with Crippen LogP contribution in [0.4, 0.5) is 5.69 Å². The van der Waals surface area contributed by atoms with Crippen LogP contribution in [0.25, 0.3) is 0 Å². The number of amides is 1. The minimum absolute atomic E-state index is 0.390. The van der Waals surface area contributed by atoms with E-state index in [9.17, 15) is 9.59 Å². The van der Waals surface area contributed by atoms with Crippen LogP contribution in [0.3, 0.4) is 0 Å². The first-order valence-corrected chi connectivity index (χ1v) is 8.32. The molecule has 1 heterocycles. The lowest BCUT2D eigenvalue weighted by Crippen LogP contribution is -2.34. The van der Waals surface area contributed by atoms with Crippen LogP contribution in [0, 0.1) is 0 Å². The molecule has 3 aromatic carbocycles. The average molecular weight is 348 g/mol. The molecular weight excluding hydrogens is 334 g/mol. The van der Waals surface area contributed by atoms with Gasteiger partial charge >= 0.3 is 0 Å². The molecule has 1 atom stereocenters. The summed E-state index contributed by atoms with van der Waals surface area (Å²) < 4.78 is 0. The van der Waals surface area contributed by atoms with Crippen molar-refractivity contribution in [2.75, 3.05) is 4.90 Å². The van der Waals surface area contributed by atoms with Crippen LogP contribution in [0.15, 0.2) is 78.9 Å². The molecule has 3 nitrogen and oxygen atoms in total. The van der Waals surface area contributed by atoms with E-state index in [1.807, 2.05) is 54.6 Å². The predicted octanol–water partition coefficient (Wildman–Crippen LogP) is 4.66. The molecule has 0 aliphatic carbocycles. The Hall–Kier alpha value is -2.91. The molecule has 1 amide bonds. The lowest BCUT2D eigenvalue weighted by atomic mass is 9.97. The highest BCUT2D eigenvalue weighted by Gasteiger charge is 2.40. The summed E-state index contributed by atoms with van der Waals surface area (Å²) in [7, 11) is 0. The van der Waals surface area contributed by atoms with Crippen LogP contribution in [-0.2, 0) is 4.79 Å². The van der Waals surface area contributed by atoms with Gasteiger partial charge in [-0.25, -0.2) is 0 Å². The van der Waals surface area contributed by atoms with E-state index in [2.05, 4.69) is 0 Å². The number of Topliss-reactive ketones (excluding diaryl/α,β-unsaturated/α-hetero) is 1. The van der Waals surface area contributed by atoms with Crippen molar-refractivity contribution in [3.8, 4) is 0 Å². The maximum absolute atomic E-state index is 12.8. The number of hydrogen-bond donors (Lipinski definition) is 0. The number of rotatable bonds is 3. The van der Waals surface area contributed by atoms with Gasteiger partial charge in [-0.2, -0.15) is 0 Å². The van der Waals surface area contributed by atoms with E-state index in [1.165, 1.54) is 0 Å². The number of carbonyl (C=O) groups is 2. The van der Waals surface area contributed by atoms with Gasteiger partial charge in [0.25, 0.3) is 11.7 Å². The van der Waals surface area contributed by atoms with Crippen molar-refractivity contribution >= 4 is 29.0 Å². The molecule has 3 aromatic rings. The number of halogens is 1. The standard InChI is InChI=1S/C21H14ClNO2/c22-16-12-10-15(11-13-16)19(14-6-2-1-3-7-14)23-18-9-5-4-8-17(18)20(24)21(23)25/h1-13,19H. The molecule has 0 N–H and O–H groups in total. The highest BCUT2D eigenvalue weighted by atomic mass is 35.5. The molecule has 0 aromatic heterocycles. The van der Waals surface area contributed by atoms with Crippen molar-refractivity contribution in [2.24, 2.45) is 0 Å². The molecule has 4 heteroatoms. The lowest BCUT2D eigenvalue weighted by Gasteiger charge is -2.29. The normalized spacial score (nSPS) is 14.5. The summed E-state index contributed by atoms with van der Waals surface area (Å²) >= 11 is 6.02. The molecule has 25 heavy (non-hydrogen) atoms. The highest BCUT2D eigenvalue weighted by Crippen LogP contribution is 2.39. The fourth-order valence-electron chi connectivity index (χ4n) is 3.24. The maximum Gasteiger partial charge on any atom is 0.300 e. The Morgan fingerprint density at radius 2 is 1.32 bits per heavy atom. The van der Waals surface area contributed by atoms with Gasteiger partial charge in [-0.1, -0.05) is 66.2 Å². The van der Waals surface area contributed by atoms with Crippen LogP contribution >= 0.6 is 11.6 Å². The molecule has 122 valence electrons. The van der Waals surface area contributed by atoms with Gasteiger partial charge in [0.15, 0.2) is 0 Å². The predicted molar refractivity (Wildman–Crippen MR) is 98.0 cm³/mol. The summed E-state index contributed by atoms with van der Waals surface area (Å²) in [6.07, 6.45) is 0. The Morgan fingerprint density at radius 1 is 0.720 bits per heavy atom. The van der Waals surface area contributed by atoms with Gasteiger partial charge in [-0.05, 0) is 35.4 Å². The van der Waals surface area contributed by atoms with E-state index in [1.54, 1.807) is 29.2 Å². The van der Waals surface area contributed by atoms with Crippen molar-refractivity contribution < 1.29 is 9.59 Å². The Kier molecular flexibility index (Phi) is 3.86. The second-order valence-corrected chi connectivity index (χ2v) is 6.32. The molecule has 0 saturated heterocycles. The zero-order chi connectivity index (χ0) is 17.4. The molecule has 0 saturated carbocycles. The Labute approximate surface area is 150 Å². The SMILES string of the molecule is O=C1C(=O)N(C(c2ccccc2)c2ccc(Cl)cc2)c2ccccc21. The summed E-state index contributed by atoms with van der Waals surface area (Å²) in [6.45, 7) is 0. The maximum atomic E-state index is 12.8. The fourth-order valence-corrected chi connectivity index (χ4v) is 3.36. The third kappa shape index (κ3) is 2.63. The summed E-state index contributed by atoms with van der Waals surface area (Å²) in [6, 6.07) is 23.8. The number of carbonyl (C=O) groups excluding carboxylic acids is 2. The molecule has 1 aliphatic rings. The minimum atomic E-state index is -0.509. The largest absolute Gasteiger partial charge is 0.300 e. The number of nitrogens with zero attached hydrogens (tertiary/aromatic N) is 1. The smallest absolute Gasteiger partial charge is 0.293 e. The number of para-hydroxylation sites is 1. The Bertz CT molecular complexity index is 951. The van der Waals surface area contributed by atoms with Gasteiger partial charge in [-0.3, -0.25) is 14.5 Å². The zero-order valence-corrected chi connectivity index (χ0v) is 14.0. The average Bonchev–Trinajstić information content (AvgIpc) is 2.90. The van der Waals surface area contributed by atoms with Crippen LogP contribution in [0.5, 0.6) is 0 Å². The second kappa shape index (κ2) is 6.19. The van der Waals surface area contributed by atoms with Crippen molar-refractivity contribution in [3.63, 3.8) is 0 Å². The van der Waals surface area contributed by atoms with Gasteiger partial charge in [0.1, 0.15) is 0 Å². The molecule has 0 radical (unpaired) electrons. The van der Waals surface area contributed by atoms with E-state index in [0.717, 1.165) is 11.1 Å². The first kappa shape index (κ1) is 15.6. The topological polar surface area (TPSA) is 37.4 Å². The van der Waals surface area contributed by atoms with Gasteiger partial charge < -0.3 is 0 Å². The van der Waals surface area contributed by atoms with Gasteiger partial charge in [-0.15, -0.1) is 0 Å². The molecule has 0 bridgehead atoms. The monoisotopic (exact) mass is 347 g/mol. The van der Waals surface area contributed by atoms with Gasteiger partial charge in [0, 0.05) is 5.02 Å². The third-order valence-corrected chi connectivity index (χ3v) is 4.63.